The van der Waals surface area contributed by atoms with E-state index in [0.717, 1.165) is 12.1 Å². The molecule has 1 rings (SSSR count). The van der Waals surface area contributed by atoms with E-state index < -0.39 is 17.4 Å². The Labute approximate surface area is 100 Å². The second-order valence-corrected chi connectivity index (χ2v) is 4.59. The lowest BCUT2D eigenvalue weighted by atomic mass is 10.1. The summed E-state index contributed by atoms with van der Waals surface area (Å²) in [7, 11) is 0. The molecule has 1 atom stereocenters. The third-order valence-corrected chi connectivity index (χ3v) is 2.35. The highest BCUT2D eigenvalue weighted by molar-refractivity contribution is 5.18. The van der Waals surface area contributed by atoms with Crippen LogP contribution in [0.2, 0.25) is 0 Å². The van der Waals surface area contributed by atoms with Gasteiger partial charge in [0, 0.05) is 6.42 Å². The highest BCUT2D eigenvalue weighted by Crippen LogP contribution is 2.18. The van der Waals surface area contributed by atoms with E-state index in [2.05, 4.69) is 0 Å². The maximum atomic E-state index is 12.9. The molecule has 1 unspecified atom stereocenters. The van der Waals surface area contributed by atoms with Crippen LogP contribution in [0.25, 0.3) is 0 Å². The summed E-state index contributed by atoms with van der Waals surface area (Å²) < 4.78 is 30.9. The van der Waals surface area contributed by atoms with E-state index in [1.807, 2.05) is 13.8 Å². The number of rotatable bonds is 5. The van der Waals surface area contributed by atoms with Crippen LogP contribution in [0.1, 0.15) is 32.8 Å². The lowest BCUT2D eigenvalue weighted by Crippen LogP contribution is -2.31. The largest absolute Gasteiger partial charge is 0.366 e. The van der Waals surface area contributed by atoms with Gasteiger partial charge in [-0.05, 0) is 44.9 Å². The molecule has 1 aromatic rings. The van der Waals surface area contributed by atoms with Crippen LogP contribution in [0.4, 0.5) is 8.78 Å². The number of aliphatic hydroxyl groups is 1. The molecule has 0 aliphatic rings. The van der Waals surface area contributed by atoms with Crippen molar-refractivity contribution in [3.63, 3.8) is 0 Å². The van der Waals surface area contributed by atoms with E-state index in [9.17, 15) is 13.9 Å². The smallest absolute Gasteiger partial charge is 0.163 e. The normalized spacial score (nSPS) is 15.0. The fourth-order valence-electron chi connectivity index (χ4n) is 1.64. The zero-order valence-electron chi connectivity index (χ0n) is 10.3. The van der Waals surface area contributed by atoms with Crippen molar-refractivity contribution in [2.45, 2.75) is 45.5 Å². The third-order valence-electron chi connectivity index (χ3n) is 2.35. The van der Waals surface area contributed by atoms with Crippen LogP contribution in [-0.4, -0.2) is 17.0 Å². The van der Waals surface area contributed by atoms with Gasteiger partial charge in [-0.25, -0.2) is 8.78 Å². The minimum atomic E-state index is -1.25. The Balaban J connectivity index is 2.58. The van der Waals surface area contributed by atoms with E-state index >= 15 is 0 Å². The first kappa shape index (κ1) is 14.1. The Hall–Kier alpha value is -1.00. The summed E-state index contributed by atoms with van der Waals surface area (Å²) in [4.78, 5) is 0. The number of aryl methyl sites for hydroxylation is 1. The maximum Gasteiger partial charge on any atom is 0.163 e. The van der Waals surface area contributed by atoms with Gasteiger partial charge in [-0.1, -0.05) is 6.07 Å². The Kier molecular flexibility index (Phi) is 4.60. The van der Waals surface area contributed by atoms with E-state index in [1.54, 1.807) is 6.92 Å². The van der Waals surface area contributed by atoms with Gasteiger partial charge >= 0.3 is 0 Å². The van der Waals surface area contributed by atoms with E-state index in [0.29, 0.717) is 18.4 Å². The fraction of sp³-hybridized carbons (Fsp3) is 0.538. The summed E-state index contributed by atoms with van der Waals surface area (Å²) >= 11 is 0. The number of hydrogen-bond donors (Lipinski definition) is 1. The molecule has 0 aliphatic heterocycles. The quantitative estimate of drug-likeness (QED) is 0.807. The summed E-state index contributed by atoms with van der Waals surface area (Å²) in [6, 6.07) is 3.73. The Morgan fingerprint density at radius 2 is 1.94 bits per heavy atom. The maximum absolute atomic E-state index is 12.9. The van der Waals surface area contributed by atoms with Crippen molar-refractivity contribution in [1.29, 1.82) is 0 Å². The Morgan fingerprint density at radius 1 is 1.29 bits per heavy atom. The van der Waals surface area contributed by atoms with E-state index in [1.165, 1.54) is 6.07 Å². The first-order valence-corrected chi connectivity index (χ1v) is 5.64. The molecule has 0 heterocycles. The fourth-order valence-corrected chi connectivity index (χ4v) is 1.64. The van der Waals surface area contributed by atoms with Crippen molar-refractivity contribution >= 4 is 0 Å². The minimum absolute atomic E-state index is 0.0880. The van der Waals surface area contributed by atoms with Crippen molar-refractivity contribution in [2.24, 2.45) is 0 Å². The molecule has 2 nitrogen and oxygen atoms in total. The first-order chi connectivity index (χ1) is 7.80. The first-order valence-electron chi connectivity index (χ1n) is 5.64. The number of ether oxygens (including phenoxy) is 1. The van der Waals surface area contributed by atoms with E-state index in [-0.39, 0.29) is 6.10 Å². The molecule has 0 fully saturated rings. The van der Waals surface area contributed by atoms with Gasteiger partial charge < -0.3 is 9.84 Å². The van der Waals surface area contributed by atoms with Crippen LogP contribution >= 0.6 is 0 Å². The standard InChI is InChI=1S/C13H18F2O2/c1-9(2)17-13(3,16)7-6-10-4-5-11(14)12(15)8-10/h4-5,8-9,16H,6-7H2,1-3H3. The van der Waals surface area contributed by atoms with Crippen LogP contribution in [0.15, 0.2) is 18.2 Å². The van der Waals surface area contributed by atoms with Gasteiger partial charge in [0.15, 0.2) is 17.4 Å². The predicted octanol–water partition coefficient (Wildman–Crippen LogP) is 3.03. The average molecular weight is 244 g/mol. The SMILES string of the molecule is CC(C)OC(C)(O)CCc1ccc(F)c(F)c1. The Morgan fingerprint density at radius 3 is 2.47 bits per heavy atom. The van der Waals surface area contributed by atoms with Gasteiger partial charge in [0.05, 0.1) is 6.10 Å². The zero-order valence-corrected chi connectivity index (χ0v) is 10.3. The van der Waals surface area contributed by atoms with Gasteiger partial charge in [-0.3, -0.25) is 0 Å². The van der Waals surface area contributed by atoms with Crippen LogP contribution in [0.5, 0.6) is 0 Å². The van der Waals surface area contributed by atoms with Crippen molar-refractivity contribution in [1.82, 2.24) is 0 Å². The molecule has 0 aromatic heterocycles. The Bertz CT molecular complexity index is 376. The number of benzene rings is 1. The lowest BCUT2D eigenvalue weighted by Gasteiger charge is -2.26. The second kappa shape index (κ2) is 5.56. The monoisotopic (exact) mass is 244 g/mol. The molecule has 4 heteroatoms. The predicted molar refractivity (Wildman–Crippen MR) is 61.5 cm³/mol. The molecule has 0 aliphatic carbocycles. The number of halogens is 2. The molecule has 1 N–H and O–H groups in total. The molecule has 0 saturated carbocycles. The molecule has 96 valence electrons. The topological polar surface area (TPSA) is 29.5 Å². The lowest BCUT2D eigenvalue weighted by molar-refractivity contribution is -0.213. The molecular weight excluding hydrogens is 226 g/mol. The zero-order chi connectivity index (χ0) is 13.1. The van der Waals surface area contributed by atoms with Crippen LogP contribution in [-0.2, 0) is 11.2 Å². The highest BCUT2D eigenvalue weighted by Gasteiger charge is 2.22. The van der Waals surface area contributed by atoms with Gasteiger partial charge in [-0.15, -0.1) is 0 Å². The van der Waals surface area contributed by atoms with Crippen LogP contribution < -0.4 is 0 Å². The molecule has 0 radical (unpaired) electrons. The third kappa shape index (κ3) is 4.79. The molecule has 0 amide bonds. The van der Waals surface area contributed by atoms with Crippen LogP contribution in [0.3, 0.4) is 0 Å². The summed E-state index contributed by atoms with van der Waals surface area (Å²) in [5.41, 5.74) is 0.636. The minimum Gasteiger partial charge on any atom is -0.366 e. The molecule has 17 heavy (non-hydrogen) atoms. The molecule has 1 aromatic carbocycles. The van der Waals surface area contributed by atoms with Crippen molar-refractivity contribution < 1.29 is 18.6 Å². The highest BCUT2D eigenvalue weighted by atomic mass is 19.2. The number of hydrogen-bond acceptors (Lipinski definition) is 2. The van der Waals surface area contributed by atoms with Gasteiger partial charge in [0.25, 0.3) is 0 Å². The van der Waals surface area contributed by atoms with Gasteiger partial charge in [0.2, 0.25) is 0 Å². The van der Waals surface area contributed by atoms with Gasteiger partial charge in [-0.2, -0.15) is 0 Å². The second-order valence-electron chi connectivity index (χ2n) is 4.59. The molecule has 0 bridgehead atoms. The molecule has 0 saturated heterocycles. The van der Waals surface area contributed by atoms with Gasteiger partial charge in [0.1, 0.15) is 0 Å². The average Bonchev–Trinajstić information content (AvgIpc) is 2.18. The summed E-state index contributed by atoms with van der Waals surface area (Å²) in [6.07, 6.45) is 0.669. The molecule has 0 spiro atoms. The van der Waals surface area contributed by atoms with Crippen molar-refractivity contribution in [3.8, 4) is 0 Å². The summed E-state index contributed by atoms with van der Waals surface area (Å²) in [5, 5.41) is 9.88. The van der Waals surface area contributed by atoms with Crippen molar-refractivity contribution in [3.05, 3.63) is 35.4 Å². The van der Waals surface area contributed by atoms with Crippen molar-refractivity contribution in [2.75, 3.05) is 0 Å². The summed E-state index contributed by atoms with van der Waals surface area (Å²) in [6.45, 7) is 5.21. The van der Waals surface area contributed by atoms with Crippen LogP contribution in [0, 0.1) is 11.6 Å². The molecular formula is C13H18F2O2. The summed E-state index contributed by atoms with van der Waals surface area (Å²) in [5.74, 6) is -2.98. The van der Waals surface area contributed by atoms with E-state index in [4.69, 9.17) is 4.74 Å².